The first-order valence-electron chi connectivity index (χ1n) is 12.3. The van der Waals surface area contributed by atoms with Gasteiger partial charge in [0.15, 0.2) is 0 Å². The summed E-state index contributed by atoms with van der Waals surface area (Å²) in [5, 5.41) is 17.4. The van der Waals surface area contributed by atoms with Gasteiger partial charge >= 0.3 is 0 Å². The number of amides is 3. The second kappa shape index (κ2) is 7.54. The Bertz CT molecular complexity index is 1630. The van der Waals surface area contributed by atoms with E-state index in [0.29, 0.717) is 23.4 Å². The van der Waals surface area contributed by atoms with Crippen LogP contribution < -0.4 is 15.5 Å². The van der Waals surface area contributed by atoms with Crippen LogP contribution in [0.1, 0.15) is 16.7 Å². The molecule has 2 unspecified atom stereocenters. The number of hydrogen-bond donors (Lipinski definition) is 4. The minimum Gasteiger partial charge on any atom is -0.508 e. The van der Waals surface area contributed by atoms with Crippen LogP contribution in [-0.4, -0.2) is 33.9 Å². The number of fused-ring (bicyclic) bond motifs is 5. The maximum absolute atomic E-state index is 14.1. The number of nitrogens with zero attached hydrogens (tertiary/aromatic N) is 1. The van der Waals surface area contributed by atoms with Crippen molar-refractivity contribution in [1.29, 1.82) is 0 Å². The highest BCUT2D eigenvalue weighted by Crippen LogP contribution is 2.54. The summed E-state index contributed by atoms with van der Waals surface area (Å²) in [5.74, 6) is -2.51. The van der Waals surface area contributed by atoms with Gasteiger partial charge in [0.25, 0.3) is 0 Å². The lowest BCUT2D eigenvalue weighted by Gasteiger charge is -2.29. The van der Waals surface area contributed by atoms with Gasteiger partial charge in [0.05, 0.1) is 17.5 Å². The van der Waals surface area contributed by atoms with Crippen molar-refractivity contribution in [2.45, 2.75) is 24.9 Å². The zero-order valence-electron chi connectivity index (χ0n) is 20.0. The summed E-state index contributed by atoms with van der Waals surface area (Å²) in [5.41, 5.74) is 3.19. The zero-order valence-corrected chi connectivity index (χ0v) is 20.0. The number of aryl methyl sites for hydroxylation is 1. The van der Waals surface area contributed by atoms with E-state index in [-0.39, 0.29) is 23.5 Å². The van der Waals surface area contributed by atoms with Crippen molar-refractivity contribution in [3.8, 4) is 5.75 Å². The number of phenolic OH excluding ortho intramolecular Hbond substituents is 1. The number of anilines is 2. The highest BCUT2D eigenvalue weighted by molar-refractivity contribution is 6.25. The van der Waals surface area contributed by atoms with Crippen molar-refractivity contribution >= 4 is 40.0 Å². The molecule has 184 valence electrons. The fourth-order valence-corrected chi connectivity index (χ4v) is 6.49. The van der Waals surface area contributed by atoms with Crippen molar-refractivity contribution in [2.75, 3.05) is 10.2 Å². The molecular weight excluding hydrogens is 468 g/mol. The van der Waals surface area contributed by atoms with Crippen molar-refractivity contribution in [2.24, 2.45) is 11.8 Å². The molecule has 37 heavy (non-hydrogen) atoms. The van der Waals surface area contributed by atoms with E-state index in [2.05, 4.69) is 15.6 Å². The number of carbonyl (C=O) groups is 3. The molecule has 3 aliphatic rings. The summed E-state index contributed by atoms with van der Waals surface area (Å²) >= 11 is 0. The first-order chi connectivity index (χ1) is 17.9. The van der Waals surface area contributed by atoms with Crippen LogP contribution in [0, 0.1) is 18.8 Å². The van der Waals surface area contributed by atoms with Gasteiger partial charge in [0.1, 0.15) is 11.3 Å². The minimum absolute atomic E-state index is 0.143. The van der Waals surface area contributed by atoms with Gasteiger partial charge in [-0.25, -0.2) is 4.90 Å². The third kappa shape index (κ3) is 2.90. The molecule has 2 fully saturated rings. The normalized spacial score (nSPS) is 26.2. The Morgan fingerprint density at radius 3 is 2.59 bits per heavy atom. The number of aromatic amines is 1. The van der Waals surface area contributed by atoms with E-state index < -0.39 is 23.4 Å². The first kappa shape index (κ1) is 21.8. The molecule has 4 heterocycles. The predicted octanol–water partition coefficient (Wildman–Crippen LogP) is 3.35. The molecule has 1 aromatic heterocycles. The summed E-state index contributed by atoms with van der Waals surface area (Å²) in [7, 11) is 0. The van der Waals surface area contributed by atoms with E-state index in [1.807, 2.05) is 37.4 Å². The number of para-hydroxylation sites is 1. The lowest BCUT2D eigenvalue weighted by Crippen LogP contribution is -2.53. The Morgan fingerprint density at radius 2 is 1.78 bits per heavy atom. The third-order valence-electron chi connectivity index (χ3n) is 8.08. The van der Waals surface area contributed by atoms with Gasteiger partial charge in [-0.1, -0.05) is 35.9 Å². The van der Waals surface area contributed by atoms with Crippen LogP contribution in [0.2, 0.25) is 0 Å². The Kier molecular flexibility index (Phi) is 4.44. The molecule has 4 aromatic rings. The molecule has 3 amide bonds. The third-order valence-corrected chi connectivity index (χ3v) is 8.08. The van der Waals surface area contributed by atoms with Crippen LogP contribution >= 0.6 is 0 Å². The highest BCUT2D eigenvalue weighted by Gasteiger charge is 2.70. The number of phenols is 1. The number of carbonyl (C=O) groups excluding carboxylic acids is 3. The van der Waals surface area contributed by atoms with Gasteiger partial charge in [-0.3, -0.25) is 19.7 Å². The van der Waals surface area contributed by atoms with E-state index in [9.17, 15) is 19.5 Å². The van der Waals surface area contributed by atoms with E-state index >= 15 is 0 Å². The molecule has 0 aliphatic carbocycles. The maximum atomic E-state index is 14.1. The number of rotatable bonds is 3. The topological polar surface area (TPSA) is 115 Å². The maximum Gasteiger partial charge on any atom is 0.250 e. The molecule has 3 aliphatic heterocycles. The second-order valence-electron chi connectivity index (χ2n) is 10.2. The highest BCUT2D eigenvalue weighted by atomic mass is 16.3. The molecular formula is C29H24N4O4. The lowest BCUT2D eigenvalue weighted by atomic mass is 9.76. The summed E-state index contributed by atoms with van der Waals surface area (Å²) in [6.45, 7) is 1.94. The van der Waals surface area contributed by atoms with Crippen LogP contribution in [0.25, 0.3) is 10.9 Å². The fourth-order valence-electron chi connectivity index (χ4n) is 6.49. The van der Waals surface area contributed by atoms with Gasteiger partial charge in [-0.2, -0.15) is 0 Å². The molecule has 8 heteroatoms. The monoisotopic (exact) mass is 492 g/mol. The standard InChI is InChI=1S/C29H24N4O4/c1-15-7-9-22-20(11-15)29(28(37)31-22)25-24(26(35)33(27(25)36)17-5-3-2-4-6-17)23(32-29)12-16-14-30-21-10-8-18(34)13-19(16)21/h2-11,13-14,23-25,30,32,34H,12H2,1H3,(H,31,37)/t23?,24-,25+,29?/m1/s1. The number of hydrogen-bond acceptors (Lipinski definition) is 5. The molecule has 0 radical (unpaired) electrons. The SMILES string of the molecule is Cc1ccc2c(c1)C1(NC(Cc3c[nH]c4ccc(O)cc34)[C@H]3C(=O)N(c4ccccc4)C(=O)[C@H]31)C(=O)N2. The van der Waals surface area contributed by atoms with E-state index in [4.69, 9.17) is 0 Å². The number of H-pyrrole nitrogens is 1. The molecule has 3 aromatic carbocycles. The zero-order chi connectivity index (χ0) is 25.5. The molecule has 2 saturated heterocycles. The van der Waals surface area contributed by atoms with Crippen LogP contribution in [0.15, 0.2) is 72.9 Å². The van der Waals surface area contributed by atoms with Crippen molar-refractivity contribution in [3.63, 3.8) is 0 Å². The average molecular weight is 493 g/mol. The summed E-state index contributed by atoms with van der Waals surface area (Å²) in [6, 6.07) is 19.2. The van der Waals surface area contributed by atoms with Crippen LogP contribution in [-0.2, 0) is 26.3 Å². The lowest BCUT2D eigenvalue weighted by molar-refractivity contribution is -0.130. The fraction of sp³-hybridized carbons (Fsp3) is 0.207. The summed E-state index contributed by atoms with van der Waals surface area (Å²) in [6.07, 6.45) is 2.25. The molecule has 7 rings (SSSR count). The minimum atomic E-state index is -1.36. The van der Waals surface area contributed by atoms with Gasteiger partial charge < -0.3 is 15.4 Å². The van der Waals surface area contributed by atoms with Crippen LogP contribution in [0.5, 0.6) is 5.75 Å². The van der Waals surface area contributed by atoms with Gasteiger partial charge in [0, 0.05) is 34.4 Å². The summed E-state index contributed by atoms with van der Waals surface area (Å²) < 4.78 is 0. The number of aromatic nitrogens is 1. The molecule has 4 atom stereocenters. The molecule has 1 spiro atoms. The van der Waals surface area contributed by atoms with Crippen LogP contribution in [0.4, 0.5) is 11.4 Å². The first-order valence-corrected chi connectivity index (χ1v) is 12.3. The van der Waals surface area contributed by atoms with Gasteiger partial charge in [0.2, 0.25) is 17.7 Å². The van der Waals surface area contributed by atoms with Crippen molar-refractivity contribution in [1.82, 2.24) is 10.3 Å². The van der Waals surface area contributed by atoms with Crippen molar-refractivity contribution in [3.05, 3.63) is 89.6 Å². The molecule has 4 N–H and O–H groups in total. The summed E-state index contributed by atoms with van der Waals surface area (Å²) in [4.78, 5) is 46.2. The van der Waals surface area contributed by atoms with Gasteiger partial charge in [-0.05, 0) is 55.3 Å². The van der Waals surface area contributed by atoms with E-state index in [1.165, 1.54) is 4.90 Å². The number of imide groups is 1. The Hall–Kier alpha value is -4.43. The number of benzene rings is 3. The predicted molar refractivity (Wildman–Crippen MR) is 138 cm³/mol. The number of aromatic hydroxyl groups is 1. The Balaban J connectivity index is 1.39. The molecule has 0 saturated carbocycles. The largest absolute Gasteiger partial charge is 0.508 e. The van der Waals surface area contributed by atoms with Gasteiger partial charge in [-0.15, -0.1) is 0 Å². The molecule has 8 nitrogen and oxygen atoms in total. The number of nitrogens with one attached hydrogen (secondary N) is 3. The second-order valence-corrected chi connectivity index (χ2v) is 10.2. The van der Waals surface area contributed by atoms with Crippen molar-refractivity contribution < 1.29 is 19.5 Å². The quantitative estimate of drug-likeness (QED) is 0.328. The molecule has 0 bridgehead atoms. The Morgan fingerprint density at radius 1 is 0.973 bits per heavy atom. The smallest absolute Gasteiger partial charge is 0.250 e. The van der Waals surface area contributed by atoms with E-state index in [1.54, 1.807) is 42.5 Å². The Labute approximate surface area is 212 Å². The van der Waals surface area contributed by atoms with Crippen LogP contribution in [0.3, 0.4) is 0 Å². The average Bonchev–Trinajstić information content (AvgIpc) is 3.59. The van der Waals surface area contributed by atoms with E-state index in [0.717, 1.165) is 22.0 Å².